The van der Waals surface area contributed by atoms with Gasteiger partial charge in [0.05, 0.1) is 0 Å². The number of Topliss-reactive ketones (excluding diaryl/α,β-unsaturated/α-hetero) is 1. The van der Waals surface area contributed by atoms with Gasteiger partial charge in [0.2, 0.25) is 5.78 Å². The van der Waals surface area contributed by atoms with Gasteiger partial charge < -0.3 is 0 Å². The van der Waals surface area contributed by atoms with Crippen molar-refractivity contribution in [2.24, 2.45) is 0 Å². The van der Waals surface area contributed by atoms with Crippen LogP contribution in [-0.4, -0.2) is 11.5 Å². The summed E-state index contributed by atoms with van der Waals surface area (Å²) in [4.78, 5) is 11.5. The van der Waals surface area contributed by atoms with Crippen LogP contribution in [0.5, 0.6) is 0 Å². The lowest BCUT2D eigenvalue weighted by Gasteiger charge is -2.04. The number of rotatable bonds is 0. The van der Waals surface area contributed by atoms with E-state index >= 15 is 0 Å². The van der Waals surface area contributed by atoms with Crippen LogP contribution in [-0.2, 0) is 6.42 Å². The molecule has 0 saturated carbocycles. The van der Waals surface area contributed by atoms with E-state index in [0.717, 1.165) is 0 Å². The Kier molecular flexibility index (Phi) is 1.93. The molecule has 4 heteroatoms. The number of fused-ring (bicyclic) bond motifs is 1. The number of nitriles is 1. The highest BCUT2D eigenvalue weighted by Gasteiger charge is 2.47. The van der Waals surface area contributed by atoms with Gasteiger partial charge in [-0.25, -0.2) is 4.39 Å². The third-order valence-corrected chi connectivity index (χ3v) is 3.06. The molecule has 0 aliphatic heterocycles. The number of ketones is 1. The summed E-state index contributed by atoms with van der Waals surface area (Å²) in [6.07, 6.45) is -0.154. The molecule has 0 bridgehead atoms. The van der Waals surface area contributed by atoms with Gasteiger partial charge in [0, 0.05) is 16.5 Å². The molecular weight excluding hydrogens is 249 g/mol. The summed E-state index contributed by atoms with van der Waals surface area (Å²) in [7, 11) is 0. The van der Waals surface area contributed by atoms with E-state index in [1.807, 2.05) is 0 Å². The molecule has 0 radical (unpaired) electrons. The maximum Gasteiger partial charge on any atom is 0.261 e. The standard InChI is InChI=1S/C10H5BrFNO/c11-8-3-1-2-6-7(8)4-10(12,5-13)9(6)14/h1-3H,4H2/t10-/m1/s1. The predicted octanol–water partition coefficient (Wildman–Crippen LogP) is 2.42. The lowest BCUT2D eigenvalue weighted by Crippen LogP contribution is -2.27. The van der Waals surface area contributed by atoms with Gasteiger partial charge in [-0.05, 0) is 11.6 Å². The molecule has 0 unspecified atom stereocenters. The Hall–Kier alpha value is -1.21. The highest BCUT2D eigenvalue weighted by Crippen LogP contribution is 2.36. The molecule has 1 aromatic rings. The number of alkyl halides is 1. The SMILES string of the molecule is N#C[C@]1(F)Cc2c(Br)cccc2C1=O. The Balaban J connectivity index is 2.63. The Bertz CT molecular complexity index is 466. The summed E-state index contributed by atoms with van der Waals surface area (Å²) >= 11 is 3.23. The molecule has 0 fully saturated rings. The normalized spacial score (nSPS) is 24.5. The van der Waals surface area contributed by atoms with Gasteiger partial charge >= 0.3 is 0 Å². The molecule has 0 heterocycles. The van der Waals surface area contributed by atoms with Crippen molar-refractivity contribution in [3.05, 3.63) is 33.8 Å². The third-order valence-electron chi connectivity index (χ3n) is 2.32. The van der Waals surface area contributed by atoms with E-state index in [-0.39, 0.29) is 6.42 Å². The minimum Gasteiger partial charge on any atom is -0.289 e. The zero-order valence-corrected chi connectivity index (χ0v) is 8.64. The smallest absolute Gasteiger partial charge is 0.261 e. The first-order valence-corrected chi connectivity index (χ1v) is 4.80. The minimum atomic E-state index is -2.37. The average Bonchev–Trinajstić information content (AvgIpc) is 2.44. The number of carbonyl (C=O) groups is 1. The predicted molar refractivity (Wildman–Crippen MR) is 51.6 cm³/mol. The Morgan fingerprint density at radius 1 is 1.57 bits per heavy atom. The van der Waals surface area contributed by atoms with Gasteiger partial charge in [-0.15, -0.1) is 0 Å². The summed E-state index contributed by atoms with van der Waals surface area (Å²) in [5.41, 5.74) is -1.48. The lowest BCUT2D eigenvalue weighted by atomic mass is 10.0. The second-order valence-electron chi connectivity index (χ2n) is 3.18. The van der Waals surface area contributed by atoms with Gasteiger partial charge in [-0.3, -0.25) is 4.79 Å². The average molecular weight is 254 g/mol. The summed E-state index contributed by atoms with van der Waals surface area (Å²) in [5.74, 6) is -0.726. The molecule has 2 nitrogen and oxygen atoms in total. The van der Waals surface area contributed by atoms with Crippen LogP contribution in [0.1, 0.15) is 15.9 Å². The van der Waals surface area contributed by atoms with Crippen molar-refractivity contribution < 1.29 is 9.18 Å². The van der Waals surface area contributed by atoms with Gasteiger partial charge in [-0.2, -0.15) is 5.26 Å². The summed E-state index contributed by atoms with van der Waals surface area (Å²) < 4.78 is 14.4. The maximum absolute atomic E-state index is 13.7. The topological polar surface area (TPSA) is 40.9 Å². The number of nitrogens with zero attached hydrogens (tertiary/aromatic N) is 1. The zero-order chi connectivity index (χ0) is 10.3. The largest absolute Gasteiger partial charge is 0.289 e. The molecule has 2 rings (SSSR count). The monoisotopic (exact) mass is 253 g/mol. The molecule has 0 saturated heterocycles. The van der Waals surface area contributed by atoms with Gasteiger partial charge in [0.1, 0.15) is 6.07 Å². The van der Waals surface area contributed by atoms with Crippen molar-refractivity contribution in [2.75, 3.05) is 0 Å². The molecule has 0 spiro atoms. The van der Waals surface area contributed by atoms with E-state index in [2.05, 4.69) is 15.9 Å². The van der Waals surface area contributed by atoms with Crippen LogP contribution in [0.15, 0.2) is 22.7 Å². The molecule has 0 amide bonds. The molecule has 14 heavy (non-hydrogen) atoms. The Morgan fingerprint density at radius 2 is 2.29 bits per heavy atom. The van der Waals surface area contributed by atoms with Crippen molar-refractivity contribution in [1.82, 2.24) is 0 Å². The van der Waals surface area contributed by atoms with Crippen LogP contribution in [0.2, 0.25) is 0 Å². The Labute approximate surface area is 88.5 Å². The van der Waals surface area contributed by atoms with Crippen LogP contribution in [0.3, 0.4) is 0 Å². The number of hydrogen-bond acceptors (Lipinski definition) is 2. The molecule has 1 aromatic carbocycles. The first kappa shape index (κ1) is 9.35. The number of halogens is 2. The van der Waals surface area contributed by atoms with E-state index in [1.165, 1.54) is 6.07 Å². The number of hydrogen-bond donors (Lipinski definition) is 0. The van der Waals surface area contributed by atoms with Crippen molar-refractivity contribution in [3.63, 3.8) is 0 Å². The van der Waals surface area contributed by atoms with Crippen LogP contribution in [0, 0.1) is 11.3 Å². The molecule has 1 aliphatic rings. The molecule has 0 N–H and O–H groups in total. The zero-order valence-electron chi connectivity index (χ0n) is 7.05. The lowest BCUT2D eigenvalue weighted by molar-refractivity contribution is 0.0820. The second-order valence-corrected chi connectivity index (χ2v) is 4.04. The van der Waals surface area contributed by atoms with E-state index in [4.69, 9.17) is 5.26 Å². The third kappa shape index (κ3) is 1.09. The first-order valence-electron chi connectivity index (χ1n) is 4.01. The summed E-state index contributed by atoms with van der Waals surface area (Å²) in [6.45, 7) is 0. The first-order chi connectivity index (χ1) is 6.58. The quantitative estimate of drug-likeness (QED) is 0.713. The summed E-state index contributed by atoms with van der Waals surface area (Å²) in [6, 6.07) is 6.36. The van der Waals surface area contributed by atoms with Gasteiger partial charge in [0.25, 0.3) is 5.67 Å². The summed E-state index contributed by atoms with van der Waals surface area (Å²) in [5, 5.41) is 8.60. The fourth-order valence-electron chi connectivity index (χ4n) is 1.58. The highest BCUT2D eigenvalue weighted by atomic mass is 79.9. The molecule has 0 aromatic heterocycles. The van der Waals surface area contributed by atoms with E-state index in [9.17, 15) is 9.18 Å². The van der Waals surface area contributed by atoms with Gasteiger partial charge in [0.15, 0.2) is 0 Å². The molecule has 70 valence electrons. The fraction of sp³-hybridized carbons (Fsp3) is 0.200. The van der Waals surface area contributed by atoms with Crippen LogP contribution in [0.4, 0.5) is 4.39 Å². The highest BCUT2D eigenvalue weighted by molar-refractivity contribution is 9.10. The Morgan fingerprint density at radius 3 is 2.86 bits per heavy atom. The van der Waals surface area contributed by atoms with Crippen molar-refractivity contribution >= 4 is 21.7 Å². The number of benzene rings is 1. The van der Waals surface area contributed by atoms with Crippen molar-refractivity contribution in [3.8, 4) is 6.07 Å². The maximum atomic E-state index is 13.7. The van der Waals surface area contributed by atoms with Crippen LogP contribution in [0.25, 0.3) is 0 Å². The van der Waals surface area contributed by atoms with Crippen molar-refractivity contribution in [1.29, 1.82) is 5.26 Å². The van der Waals surface area contributed by atoms with Crippen LogP contribution >= 0.6 is 15.9 Å². The second kappa shape index (κ2) is 2.89. The number of carbonyl (C=O) groups excluding carboxylic acids is 1. The molecular formula is C10H5BrFNO. The van der Waals surface area contributed by atoms with Crippen molar-refractivity contribution in [2.45, 2.75) is 12.1 Å². The minimum absolute atomic E-state index is 0.154. The molecule has 1 atom stereocenters. The van der Waals surface area contributed by atoms with E-state index in [1.54, 1.807) is 18.2 Å². The van der Waals surface area contributed by atoms with Gasteiger partial charge in [-0.1, -0.05) is 28.1 Å². The van der Waals surface area contributed by atoms with E-state index in [0.29, 0.717) is 15.6 Å². The molecule has 1 aliphatic carbocycles. The fourth-order valence-corrected chi connectivity index (χ4v) is 2.09. The van der Waals surface area contributed by atoms with E-state index < -0.39 is 11.5 Å². The van der Waals surface area contributed by atoms with Crippen LogP contribution < -0.4 is 0 Å².